The van der Waals surface area contributed by atoms with Gasteiger partial charge in [0.25, 0.3) is 0 Å². The Morgan fingerprint density at radius 1 is 0.400 bits per heavy atom. The Balaban J connectivity index is 1.18. The van der Waals surface area contributed by atoms with Gasteiger partial charge in [0, 0.05) is 16.2 Å². The van der Waals surface area contributed by atoms with E-state index in [1.807, 2.05) is 0 Å². The molecule has 0 N–H and O–H groups in total. The highest BCUT2D eigenvalue weighted by molar-refractivity contribution is 6.24. The van der Waals surface area contributed by atoms with Crippen molar-refractivity contribution in [2.24, 2.45) is 0 Å². The molecule has 10 aromatic rings. The second-order valence-electron chi connectivity index (χ2n) is 14.4. The molecule has 0 atom stereocenters. The first-order valence-corrected chi connectivity index (χ1v) is 17.5. The van der Waals surface area contributed by atoms with Gasteiger partial charge in [-0.3, -0.25) is 0 Å². The molecule has 0 unspecified atom stereocenters. The van der Waals surface area contributed by atoms with Crippen LogP contribution >= 0.6 is 0 Å². The minimum absolute atomic E-state index is 0.0840. The van der Waals surface area contributed by atoms with Crippen LogP contribution in [-0.4, -0.2) is 0 Å². The fourth-order valence-electron chi connectivity index (χ4n) is 9.22. The predicted molar refractivity (Wildman–Crippen MR) is 212 cm³/mol. The van der Waals surface area contributed by atoms with E-state index in [0.29, 0.717) is 0 Å². The van der Waals surface area contributed by atoms with E-state index in [2.05, 4.69) is 172 Å². The van der Waals surface area contributed by atoms with Crippen molar-refractivity contribution in [3.05, 3.63) is 169 Å². The molecular weight excluding hydrogens is 605 g/mol. The zero-order valence-corrected chi connectivity index (χ0v) is 27.9. The van der Waals surface area contributed by atoms with Gasteiger partial charge in [-0.25, -0.2) is 0 Å². The summed E-state index contributed by atoms with van der Waals surface area (Å²) in [5.41, 5.74) is 12.3. The molecule has 0 spiro atoms. The molecule has 0 amide bonds. The van der Waals surface area contributed by atoms with Crippen molar-refractivity contribution >= 4 is 65.0 Å². The third-order valence-corrected chi connectivity index (χ3v) is 11.4. The molecule has 0 fully saturated rings. The van der Waals surface area contributed by atoms with Crippen LogP contribution < -0.4 is 0 Å². The first-order chi connectivity index (χ1) is 24.6. The van der Waals surface area contributed by atoms with Crippen LogP contribution in [0.1, 0.15) is 25.0 Å². The Bertz CT molecular complexity index is 3010. The highest BCUT2D eigenvalue weighted by atomic mass is 16.3. The van der Waals surface area contributed by atoms with Crippen molar-refractivity contribution in [1.82, 2.24) is 0 Å². The zero-order valence-electron chi connectivity index (χ0n) is 27.9. The summed E-state index contributed by atoms with van der Waals surface area (Å²) in [6, 6.07) is 58.2. The average Bonchev–Trinajstić information content (AvgIpc) is 3.65. The van der Waals surface area contributed by atoms with Crippen molar-refractivity contribution in [3.63, 3.8) is 0 Å². The number of hydrogen-bond donors (Lipinski definition) is 0. The molecule has 1 aromatic heterocycles. The molecule has 1 heteroatoms. The van der Waals surface area contributed by atoms with Crippen LogP contribution in [0, 0.1) is 0 Å². The molecule has 1 heterocycles. The van der Waals surface area contributed by atoms with Gasteiger partial charge in [-0.15, -0.1) is 0 Å². The van der Waals surface area contributed by atoms with Gasteiger partial charge in [0.05, 0.1) is 0 Å². The summed E-state index contributed by atoms with van der Waals surface area (Å²) >= 11 is 0. The van der Waals surface area contributed by atoms with Gasteiger partial charge in [-0.05, 0) is 112 Å². The van der Waals surface area contributed by atoms with Crippen molar-refractivity contribution in [1.29, 1.82) is 0 Å². The molecule has 0 bridgehead atoms. The first kappa shape index (κ1) is 27.7. The summed E-state index contributed by atoms with van der Waals surface area (Å²) in [5.74, 6) is 0. The summed E-state index contributed by atoms with van der Waals surface area (Å²) in [7, 11) is 0. The van der Waals surface area contributed by atoms with E-state index in [-0.39, 0.29) is 5.41 Å². The molecule has 1 aliphatic rings. The van der Waals surface area contributed by atoms with E-state index in [1.165, 1.54) is 93.0 Å². The maximum Gasteiger partial charge on any atom is 0.136 e. The van der Waals surface area contributed by atoms with E-state index in [9.17, 15) is 0 Å². The van der Waals surface area contributed by atoms with Crippen LogP contribution in [0.5, 0.6) is 0 Å². The van der Waals surface area contributed by atoms with Gasteiger partial charge in [0.1, 0.15) is 11.2 Å². The highest BCUT2D eigenvalue weighted by Gasteiger charge is 2.37. The topological polar surface area (TPSA) is 13.1 Å². The summed E-state index contributed by atoms with van der Waals surface area (Å²) in [4.78, 5) is 0. The van der Waals surface area contributed by atoms with Crippen LogP contribution in [0.25, 0.3) is 98.4 Å². The molecule has 0 saturated heterocycles. The van der Waals surface area contributed by atoms with Gasteiger partial charge in [-0.1, -0.05) is 147 Å². The quantitative estimate of drug-likeness (QED) is 0.172. The van der Waals surface area contributed by atoms with Crippen molar-refractivity contribution in [2.45, 2.75) is 19.3 Å². The average molecular weight is 637 g/mol. The molecule has 0 saturated carbocycles. The van der Waals surface area contributed by atoms with Gasteiger partial charge >= 0.3 is 0 Å². The van der Waals surface area contributed by atoms with Gasteiger partial charge < -0.3 is 4.42 Å². The highest BCUT2D eigenvalue weighted by Crippen LogP contribution is 2.53. The monoisotopic (exact) mass is 636 g/mol. The largest absolute Gasteiger partial charge is 0.456 e. The lowest BCUT2D eigenvalue weighted by atomic mass is 9.80. The zero-order chi connectivity index (χ0) is 33.1. The third kappa shape index (κ3) is 3.67. The summed E-state index contributed by atoms with van der Waals surface area (Å²) < 4.78 is 6.40. The van der Waals surface area contributed by atoms with Crippen molar-refractivity contribution < 1.29 is 4.42 Å². The molecule has 0 radical (unpaired) electrons. The van der Waals surface area contributed by atoms with Gasteiger partial charge in [0.15, 0.2) is 0 Å². The fraction of sp³-hybridized carbons (Fsp3) is 0.0612. The molecule has 11 rings (SSSR count). The van der Waals surface area contributed by atoms with Gasteiger partial charge in [-0.2, -0.15) is 0 Å². The minimum atomic E-state index is -0.0840. The molecule has 1 nitrogen and oxygen atoms in total. The smallest absolute Gasteiger partial charge is 0.136 e. The molecular formula is C49H32O. The second kappa shape index (κ2) is 9.94. The van der Waals surface area contributed by atoms with E-state index < -0.39 is 0 Å². The molecule has 0 aliphatic heterocycles. The van der Waals surface area contributed by atoms with E-state index in [1.54, 1.807) is 0 Å². The van der Waals surface area contributed by atoms with Gasteiger partial charge in [0.2, 0.25) is 0 Å². The Morgan fingerprint density at radius 2 is 0.920 bits per heavy atom. The number of hydrogen-bond acceptors (Lipinski definition) is 1. The number of furan rings is 1. The lowest BCUT2D eigenvalue weighted by Gasteiger charge is -2.23. The predicted octanol–water partition coefficient (Wildman–Crippen LogP) is 13.8. The molecule has 234 valence electrons. The van der Waals surface area contributed by atoms with E-state index in [0.717, 1.165) is 16.6 Å². The van der Waals surface area contributed by atoms with Crippen molar-refractivity contribution in [3.8, 4) is 33.4 Å². The Kier molecular flexibility index (Phi) is 5.51. The van der Waals surface area contributed by atoms with E-state index >= 15 is 0 Å². The van der Waals surface area contributed by atoms with Crippen LogP contribution in [-0.2, 0) is 5.41 Å². The van der Waals surface area contributed by atoms with Crippen LogP contribution in [0.4, 0.5) is 0 Å². The first-order valence-electron chi connectivity index (χ1n) is 17.5. The number of fused-ring (bicyclic) bond motifs is 12. The maximum atomic E-state index is 6.40. The Labute approximate surface area is 290 Å². The lowest BCUT2D eigenvalue weighted by Crippen LogP contribution is -2.15. The third-order valence-electron chi connectivity index (χ3n) is 11.4. The fourth-order valence-corrected chi connectivity index (χ4v) is 9.22. The van der Waals surface area contributed by atoms with Crippen molar-refractivity contribution in [2.75, 3.05) is 0 Å². The standard InChI is InChI=1S/C49H32O/c1-49(2)42-24-20-31(27-40(42)39-23-19-30-12-4-6-14-34(30)48(39)49)45-35-15-7-9-17-37(35)46(38-18-10-8-16-36(38)45)32-22-25-43-41(28-32)47-33-13-5-3-11-29(33)21-26-44(47)50-43/h3-28H,1-2H3. The summed E-state index contributed by atoms with van der Waals surface area (Å²) in [6.07, 6.45) is 0. The minimum Gasteiger partial charge on any atom is -0.456 e. The number of rotatable bonds is 2. The SMILES string of the molecule is CC1(C)c2ccc(-c3c4ccccc4c(-c4ccc5oc6ccc7ccccc7c6c5c4)c4ccccc34)cc2-c2ccc3ccccc3c21. The Hall–Kier alpha value is -6.18. The summed E-state index contributed by atoms with van der Waals surface area (Å²) in [6.45, 7) is 4.76. The number of benzene rings is 9. The second-order valence-corrected chi connectivity index (χ2v) is 14.4. The lowest BCUT2D eigenvalue weighted by molar-refractivity contribution is 0.666. The maximum absolute atomic E-state index is 6.40. The summed E-state index contributed by atoms with van der Waals surface area (Å²) in [5, 5.41) is 12.5. The van der Waals surface area contributed by atoms with Crippen LogP contribution in [0.2, 0.25) is 0 Å². The molecule has 9 aromatic carbocycles. The Morgan fingerprint density at radius 3 is 1.60 bits per heavy atom. The normalized spacial score (nSPS) is 13.6. The molecule has 1 aliphatic carbocycles. The van der Waals surface area contributed by atoms with Crippen LogP contribution in [0.15, 0.2) is 162 Å². The van der Waals surface area contributed by atoms with Crippen LogP contribution in [0.3, 0.4) is 0 Å². The molecule has 50 heavy (non-hydrogen) atoms. The van der Waals surface area contributed by atoms with E-state index in [4.69, 9.17) is 4.42 Å².